The first-order valence-electron chi connectivity index (χ1n) is 8.64. The van der Waals surface area contributed by atoms with Crippen LogP contribution in [0.15, 0.2) is 24.3 Å². The van der Waals surface area contributed by atoms with E-state index in [4.69, 9.17) is 4.74 Å². The molecule has 0 amide bonds. The van der Waals surface area contributed by atoms with Crippen molar-refractivity contribution in [3.63, 3.8) is 0 Å². The number of aliphatic hydroxyl groups excluding tert-OH is 1. The van der Waals surface area contributed by atoms with Crippen molar-refractivity contribution in [3.8, 4) is 17.0 Å². The molecule has 3 rings (SSSR count). The van der Waals surface area contributed by atoms with Gasteiger partial charge in [-0.3, -0.25) is 0 Å². The minimum atomic E-state index is -0.190. The SMILES string of the molecule is Cc1cc(C(C)C)cc(O)c1-c1ccc(N2CCO[C@H](CO)C2)nn1. The van der Waals surface area contributed by atoms with E-state index in [1.807, 2.05) is 19.1 Å². The van der Waals surface area contributed by atoms with Crippen LogP contribution in [0.4, 0.5) is 5.82 Å². The molecule has 1 aliphatic heterocycles. The summed E-state index contributed by atoms with van der Waals surface area (Å²) in [5.74, 6) is 1.34. The fourth-order valence-corrected chi connectivity index (χ4v) is 3.13. The molecule has 2 aromatic rings. The molecule has 2 heterocycles. The van der Waals surface area contributed by atoms with Crippen LogP contribution in [-0.2, 0) is 4.74 Å². The first-order valence-corrected chi connectivity index (χ1v) is 8.64. The second kappa shape index (κ2) is 7.37. The molecule has 0 aliphatic carbocycles. The van der Waals surface area contributed by atoms with Gasteiger partial charge in [0, 0.05) is 18.7 Å². The lowest BCUT2D eigenvalue weighted by atomic mass is 9.95. The number of phenols is 1. The van der Waals surface area contributed by atoms with Gasteiger partial charge in [0.05, 0.1) is 25.0 Å². The lowest BCUT2D eigenvalue weighted by Crippen LogP contribution is -2.44. The monoisotopic (exact) mass is 343 g/mol. The van der Waals surface area contributed by atoms with Gasteiger partial charge in [0.1, 0.15) is 5.75 Å². The fourth-order valence-electron chi connectivity index (χ4n) is 3.13. The van der Waals surface area contributed by atoms with Crippen LogP contribution in [0.3, 0.4) is 0 Å². The van der Waals surface area contributed by atoms with Crippen LogP contribution >= 0.6 is 0 Å². The van der Waals surface area contributed by atoms with Crippen LogP contribution in [0, 0.1) is 6.92 Å². The van der Waals surface area contributed by atoms with E-state index in [1.54, 1.807) is 6.07 Å². The van der Waals surface area contributed by atoms with Gasteiger partial charge in [-0.2, -0.15) is 0 Å². The van der Waals surface area contributed by atoms with Crippen molar-refractivity contribution in [2.24, 2.45) is 0 Å². The zero-order valence-corrected chi connectivity index (χ0v) is 14.9. The molecule has 134 valence electrons. The highest BCUT2D eigenvalue weighted by Gasteiger charge is 2.21. The van der Waals surface area contributed by atoms with Crippen LogP contribution in [0.2, 0.25) is 0 Å². The third-order valence-electron chi connectivity index (χ3n) is 4.58. The smallest absolute Gasteiger partial charge is 0.151 e. The maximum Gasteiger partial charge on any atom is 0.151 e. The Hall–Kier alpha value is -2.18. The summed E-state index contributed by atoms with van der Waals surface area (Å²) in [6.45, 7) is 8.05. The number of aromatic hydroxyl groups is 1. The van der Waals surface area contributed by atoms with E-state index < -0.39 is 0 Å². The number of phenolic OH excluding ortho intramolecular Hbond substituents is 1. The van der Waals surface area contributed by atoms with Crippen LogP contribution in [0.25, 0.3) is 11.3 Å². The molecule has 1 aliphatic rings. The van der Waals surface area contributed by atoms with E-state index in [-0.39, 0.29) is 18.5 Å². The zero-order valence-electron chi connectivity index (χ0n) is 14.9. The van der Waals surface area contributed by atoms with Crippen molar-refractivity contribution in [2.45, 2.75) is 32.8 Å². The Kier molecular flexibility index (Phi) is 5.20. The van der Waals surface area contributed by atoms with E-state index in [0.29, 0.717) is 24.8 Å². The Morgan fingerprint density at radius 3 is 2.68 bits per heavy atom. The predicted molar refractivity (Wildman–Crippen MR) is 97.0 cm³/mol. The van der Waals surface area contributed by atoms with Crippen molar-refractivity contribution in [1.29, 1.82) is 0 Å². The molecule has 1 aromatic heterocycles. The number of aromatic nitrogens is 2. The largest absolute Gasteiger partial charge is 0.507 e. The number of hydrogen-bond acceptors (Lipinski definition) is 6. The summed E-state index contributed by atoms with van der Waals surface area (Å²) in [6, 6.07) is 7.67. The van der Waals surface area contributed by atoms with E-state index in [1.165, 1.54) is 0 Å². The van der Waals surface area contributed by atoms with Gasteiger partial charge in [-0.05, 0) is 42.2 Å². The molecule has 0 saturated carbocycles. The van der Waals surface area contributed by atoms with Gasteiger partial charge in [0.15, 0.2) is 5.82 Å². The summed E-state index contributed by atoms with van der Waals surface area (Å²) in [6.07, 6.45) is -0.190. The Morgan fingerprint density at radius 1 is 1.28 bits per heavy atom. The molecule has 1 aromatic carbocycles. The standard InChI is InChI=1S/C19H25N3O3/c1-12(2)14-8-13(3)19(17(24)9-14)16-4-5-18(21-20-16)22-6-7-25-15(10-22)11-23/h4-5,8-9,12,15,23-24H,6-7,10-11H2,1-3H3/t15-/m0/s1. The van der Waals surface area contributed by atoms with E-state index >= 15 is 0 Å². The molecular weight excluding hydrogens is 318 g/mol. The van der Waals surface area contributed by atoms with Crippen molar-refractivity contribution >= 4 is 5.82 Å². The summed E-state index contributed by atoms with van der Waals surface area (Å²) in [5.41, 5.74) is 3.46. The maximum absolute atomic E-state index is 10.4. The lowest BCUT2D eigenvalue weighted by molar-refractivity contribution is 0.00332. The number of aryl methyl sites for hydroxylation is 1. The van der Waals surface area contributed by atoms with Gasteiger partial charge >= 0.3 is 0 Å². The molecule has 25 heavy (non-hydrogen) atoms. The average molecular weight is 343 g/mol. The zero-order chi connectivity index (χ0) is 18.0. The molecule has 6 heteroatoms. The summed E-state index contributed by atoms with van der Waals surface area (Å²) in [4.78, 5) is 2.05. The van der Waals surface area contributed by atoms with E-state index in [9.17, 15) is 10.2 Å². The fraction of sp³-hybridized carbons (Fsp3) is 0.474. The van der Waals surface area contributed by atoms with Crippen molar-refractivity contribution in [2.75, 3.05) is 31.2 Å². The Balaban J connectivity index is 1.85. The number of aliphatic hydroxyl groups is 1. The van der Waals surface area contributed by atoms with Gasteiger partial charge in [-0.25, -0.2) is 0 Å². The van der Waals surface area contributed by atoms with Gasteiger partial charge in [-0.1, -0.05) is 19.9 Å². The van der Waals surface area contributed by atoms with Gasteiger partial charge in [0.2, 0.25) is 0 Å². The van der Waals surface area contributed by atoms with E-state index in [2.05, 4.69) is 35.0 Å². The van der Waals surface area contributed by atoms with Gasteiger partial charge in [0.25, 0.3) is 0 Å². The number of hydrogen-bond donors (Lipinski definition) is 2. The summed E-state index contributed by atoms with van der Waals surface area (Å²) in [7, 11) is 0. The Bertz CT molecular complexity index is 708. The minimum Gasteiger partial charge on any atom is -0.507 e. The first kappa shape index (κ1) is 17.6. The second-order valence-electron chi connectivity index (χ2n) is 6.78. The third kappa shape index (κ3) is 3.75. The Labute approximate surface area is 148 Å². The van der Waals surface area contributed by atoms with Gasteiger partial charge in [-0.15, -0.1) is 10.2 Å². The van der Waals surface area contributed by atoms with Crippen LogP contribution in [0.1, 0.15) is 30.9 Å². The summed E-state index contributed by atoms with van der Waals surface area (Å²) >= 11 is 0. The molecule has 1 saturated heterocycles. The molecule has 2 N–H and O–H groups in total. The molecule has 6 nitrogen and oxygen atoms in total. The van der Waals surface area contributed by atoms with Crippen molar-refractivity contribution in [3.05, 3.63) is 35.4 Å². The molecule has 0 radical (unpaired) electrons. The highest BCUT2D eigenvalue weighted by atomic mass is 16.5. The quantitative estimate of drug-likeness (QED) is 0.888. The highest BCUT2D eigenvalue weighted by molar-refractivity contribution is 5.71. The summed E-state index contributed by atoms with van der Waals surface area (Å²) in [5, 5.41) is 28.3. The average Bonchev–Trinajstić information content (AvgIpc) is 2.61. The van der Waals surface area contributed by atoms with Crippen molar-refractivity contribution in [1.82, 2.24) is 10.2 Å². The molecule has 0 unspecified atom stereocenters. The van der Waals surface area contributed by atoms with E-state index in [0.717, 1.165) is 29.1 Å². The number of nitrogens with zero attached hydrogens (tertiary/aromatic N) is 3. The number of rotatable bonds is 4. The third-order valence-corrected chi connectivity index (χ3v) is 4.58. The normalized spacial score (nSPS) is 18.0. The van der Waals surface area contributed by atoms with Crippen LogP contribution in [-0.4, -0.2) is 52.8 Å². The molecule has 1 fully saturated rings. The number of anilines is 1. The minimum absolute atomic E-state index is 0.00270. The number of morpholine rings is 1. The molecule has 0 spiro atoms. The highest BCUT2D eigenvalue weighted by Crippen LogP contribution is 2.34. The first-order chi connectivity index (χ1) is 12.0. The number of benzene rings is 1. The Morgan fingerprint density at radius 2 is 2.08 bits per heavy atom. The van der Waals surface area contributed by atoms with Crippen molar-refractivity contribution < 1.29 is 14.9 Å². The summed E-state index contributed by atoms with van der Waals surface area (Å²) < 4.78 is 5.46. The maximum atomic E-state index is 10.4. The van der Waals surface area contributed by atoms with Crippen LogP contribution in [0.5, 0.6) is 5.75 Å². The lowest BCUT2D eigenvalue weighted by Gasteiger charge is -2.32. The molecule has 0 bridgehead atoms. The predicted octanol–water partition coefficient (Wildman–Crippen LogP) is 2.48. The van der Waals surface area contributed by atoms with Crippen LogP contribution < -0.4 is 4.90 Å². The topological polar surface area (TPSA) is 78.7 Å². The van der Waals surface area contributed by atoms with Gasteiger partial charge < -0.3 is 19.8 Å². The molecule has 1 atom stereocenters. The second-order valence-corrected chi connectivity index (χ2v) is 6.78. The molecular formula is C19H25N3O3. The number of ether oxygens (including phenoxy) is 1.